The molecule has 0 aliphatic carbocycles. The zero-order valence-corrected chi connectivity index (χ0v) is 14.1. The van der Waals surface area contributed by atoms with E-state index in [1.54, 1.807) is 19.1 Å². The van der Waals surface area contributed by atoms with E-state index in [0.29, 0.717) is 28.1 Å². The van der Waals surface area contributed by atoms with Gasteiger partial charge in [0.15, 0.2) is 0 Å². The number of rotatable bonds is 1. The molecule has 1 aromatic carbocycles. The lowest BCUT2D eigenvalue weighted by atomic mass is 9.98. The van der Waals surface area contributed by atoms with E-state index in [1.807, 2.05) is 0 Å². The number of urea groups is 1. The molecule has 1 fully saturated rings. The number of nitrogens with zero attached hydrogens (tertiary/aromatic N) is 1. The van der Waals surface area contributed by atoms with Gasteiger partial charge in [-0.05, 0) is 53.4 Å². The molecule has 1 heterocycles. The van der Waals surface area contributed by atoms with E-state index in [2.05, 4.69) is 21.2 Å². The first-order valence-electron chi connectivity index (χ1n) is 6.76. The van der Waals surface area contributed by atoms with E-state index in [9.17, 15) is 18.0 Å². The molecular formula is C14H15BrClF3N2O. The summed E-state index contributed by atoms with van der Waals surface area (Å²) in [5.74, 6) is -1.46. The standard InChI is InChI=1S/C14H15BrClF3N2O/c1-8-5-10(15)11(16)6-12(8)20-13(22)21-4-2-3-9(7-21)14(17,18)19/h5-6,9H,2-4,7H2,1H3,(H,20,22). The van der Waals surface area contributed by atoms with Gasteiger partial charge in [0.05, 0.1) is 10.9 Å². The van der Waals surface area contributed by atoms with Crippen molar-refractivity contribution in [3.05, 3.63) is 27.2 Å². The Morgan fingerprint density at radius 3 is 2.77 bits per heavy atom. The second kappa shape index (κ2) is 6.66. The number of benzene rings is 1. The first kappa shape index (κ1) is 17.4. The summed E-state index contributed by atoms with van der Waals surface area (Å²) in [6.45, 7) is 1.80. The molecule has 1 saturated heterocycles. The molecule has 0 spiro atoms. The first-order chi connectivity index (χ1) is 10.2. The monoisotopic (exact) mass is 398 g/mol. The summed E-state index contributed by atoms with van der Waals surface area (Å²) in [6.07, 6.45) is -3.86. The average molecular weight is 400 g/mol. The Morgan fingerprint density at radius 1 is 1.45 bits per heavy atom. The van der Waals surface area contributed by atoms with Gasteiger partial charge in [0, 0.05) is 23.2 Å². The molecule has 1 atom stereocenters. The highest BCUT2D eigenvalue weighted by molar-refractivity contribution is 9.10. The van der Waals surface area contributed by atoms with Crippen molar-refractivity contribution in [3.63, 3.8) is 0 Å². The largest absolute Gasteiger partial charge is 0.393 e. The molecule has 0 bridgehead atoms. The van der Waals surface area contributed by atoms with Crippen molar-refractivity contribution >= 4 is 39.2 Å². The van der Waals surface area contributed by atoms with E-state index in [-0.39, 0.29) is 13.0 Å². The number of carbonyl (C=O) groups is 1. The van der Waals surface area contributed by atoms with Crippen LogP contribution in [0.1, 0.15) is 18.4 Å². The third-order valence-corrected chi connectivity index (χ3v) is 4.88. The first-order valence-corrected chi connectivity index (χ1v) is 7.94. The van der Waals surface area contributed by atoms with E-state index in [0.717, 1.165) is 5.56 Å². The predicted molar refractivity (Wildman–Crippen MR) is 83.3 cm³/mol. The molecule has 1 aliphatic heterocycles. The van der Waals surface area contributed by atoms with Crippen LogP contribution in [0.15, 0.2) is 16.6 Å². The van der Waals surface area contributed by atoms with Crippen molar-refractivity contribution in [2.24, 2.45) is 5.92 Å². The summed E-state index contributed by atoms with van der Waals surface area (Å²) in [6, 6.07) is 2.78. The van der Waals surface area contributed by atoms with E-state index >= 15 is 0 Å². The fraction of sp³-hybridized carbons (Fsp3) is 0.500. The van der Waals surface area contributed by atoms with Crippen LogP contribution in [0.5, 0.6) is 0 Å². The van der Waals surface area contributed by atoms with Gasteiger partial charge in [-0.25, -0.2) is 4.79 Å². The van der Waals surface area contributed by atoms with E-state index in [1.165, 1.54) is 4.90 Å². The quantitative estimate of drug-likeness (QED) is 0.690. The normalized spacial score (nSPS) is 19.2. The van der Waals surface area contributed by atoms with Crippen LogP contribution in [0.25, 0.3) is 0 Å². The van der Waals surface area contributed by atoms with Crippen molar-refractivity contribution in [2.45, 2.75) is 25.9 Å². The van der Waals surface area contributed by atoms with Crippen LogP contribution in [-0.4, -0.2) is 30.2 Å². The van der Waals surface area contributed by atoms with Crippen LogP contribution < -0.4 is 5.32 Å². The van der Waals surface area contributed by atoms with Gasteiger partial charge in [-0.15, -0.1) is 0 Å². The number of amides is 2. The number of carbonyl (C=O) groups excluding carboxylic acids is 1. The van der Waals surface area contributed by atoms with E-state index < -0.39 is 18.1 Å². The number of aryl methyl sites for hydroxylation is 1. The highest BCUT2D eigenvalue weighted by Crippen LogP contribution is 2.34. The maximum Gasteiger partial charge on any atom is 0.393 e. The summed E-state index contributed by atoms with van der Waals surface area (Å²) < 4.78 is 39.1. The van der Waals surface area contributed by atoms with Crippen molar-refractivity contribution in [1.29, 1.82) is 0 Å². The van der Waals surface area contributed by atoms with Gasteiger partial charge in [-0.2, -0.15) is 13.2 Å². The lowest BCUT2D eigenvalue weighted by Gasteiger charge is -2.33. The van der Waals surface area contributed by atoms with Crippen molar-refractivity contribution < 1.29 is 18.0 Å². The molecule has 0 radical (unpaired) electrons. The van der Waals surface area contributed by atoms with Crippen LogP contribution in [0.3, 0.4) is 0 Å². The molecule has 0 saturated carbocycles. The summed E-state index contributed by atoms with van der Waals surface area (Å²) in [5, 5.41) is 3.06. The zero-order chi connectivity index (χ0) is 16.5. The minimum absolute atomic E-state index is 0.0659. The SMILES string of the molecule is Cc1cc(Br)c(Cl)cc1NC(=O)N1CCCC(C(F)(F)F)C1. The Bertz CT molecular complexity index is 580. The molecule has 1 unspecified atom stereocenters. The topological polar surface area (TPSA) is 32.3 Å². The van der Waals surface area contributed by atoms with Crippen LogP contribution in [-0.2, 0) is 0 Å². The van der Waals surface area contributed by atoms with Crippen LogP contribution in [0.4, 0.5) is 23.7 Å². The number of anilines is 1. The Kier molecular flexibility index (Phi) is 5.27. The Labute approximate surface area is 139 Å². The lowest BCUT2D eigenvalue weighted by molar-refractivity contribution is -0.183. The van der Waals surface area contributed by atoms with Gasteiger partial charge >= 0.3 is 12.2 Å². The number of likely N-dealkylation sites (tertiary alicyclic amines) is 1. The summed E-state index contributed by atoms with van der Waals surface area (Å²) >= 11 is 9.25. The maximum atomic E-state index is 12.8. The zero-order valence-electron chi connectivity index (χ0n) is 11.8. The molecule has 3 nitrogen and oxygen atoms in total. The second-order valence-electron chi connectivity index (χ2n) is 5.34. The van der Waals surface area contributed by atoms with Crippen molar-refractivity contribution in [2.75, 3.05) is 18.4 Å². The molecule has 22 heavy (non-hydrogen) atoms. The average Bonchev–Trinajstić information content (AvgIpc) is 2.44. The summed E-state index contributed by atoms with van der Waals surface area (Å²) in [5.41, 5.74) is 1.27. The highest BCUT2D eigenvalue weighted by Gasteiger charge is 2.42. The molecule has 2 rings (SSSR count). The van der Waals surface area contributed by atoms with Gasteiger partial charge in [-0.3, -0.25) is 0 Å². The van der Waals surface area contributed by atoms with Gasteiger partial charge in [0.25, 0.3) is 0 Å². The van der Waals surface area contributed by atoms with Crippen molar-refractivity contribution in [3.8, 4) is 0 Å². The molecular weight excluding hydrogens is 385 g/mol. The van der Waals surface area contributed by atoms with Gasteiger partial charge in [-0.1, -0.05) is 11.6 Å². The minimum atomic E-state index is -4.27. The second-order valence-corrected chi connectivity index (χ2v) is 6.60. The smallest absolute Gasteiger partial charge is 0.324 e. The molecule has 2 amide bonds. The van der Waals surface area contributed by atoms with Gasteiger partial charge < -0.3 is 10.2 Å². The number of alkyl halides is 3. The summed E-state index contributed by atoms with van der Waals surface area (Å²) in [4.78, 5) is 13.4. The molecule has 8 heteroatoms. The van der Waals surface area contributed by atoms with Crippen LogP contribution >= 0.6 is 27.5 Å². The molecule has 1 N–H and O–H groups in total. The maximum absolute atomic E-state index is 12.8. The molecule has 1 aromatic rings. The number of hydrogen-bond donors (Lipinski definition) is 1. The fourth-order valence-corrected chi connectivity index (χ4v) is 3.03. The fourth-order valence-electron chi connectivity index (χ4n) is 2.40. The molecule has 122 valence electrons. The Balaban J connectivity index is 2.08. The number of hydrogen-bond acceptors (Lipinski definition) is 1. The number of piperidine rings is 1. The van der Waals surface area contributed by atoms with Crippen molar-refractivity contribution in [1.82, 2.24) is 4.90 Å². The Hall–Kier alpha value is -0.950. The lowest BCUT2D eigenvalue weighted by Crippen LogP contribution is -2.46. The van der Waals surface area contributed by atoms with Crippen LogP contribution in [0, 0.1) is 12.8 Å². The number of nitrogens with one attached hydrogen (secondary N) is 1. The molecule has 1 aliphatic rings. The van der Waals surface area contributed by atoms with Gasteiger partial charge in [0.1, 0.15) is 0 Å². The van der Waals surface area contributed by atoms with Gasteiger partial charge in [0.2, 0.25) is 0 Å². The predicted octanol–water partition coefficient (Wildman–Crippen LogP) is 5.22. The third-order valence-electron chi connectivity index (χ3n) is 3.68. The Morgan fingerprint density at radius 2 is 2.14 bits per heavy atom. The van der Waals surface area contributed by atoms with Crippen LogP contribution in [0.2, 0.25) is 5.02 Å². The summed E-state index contributed by atoms with van der Waals surface area (Å²) in [7, 11) is 0. The van der Waals surface area contributed by atoms with E-state index in [4.69, 9.17) is 11.6 Å². The third kappa shape index (κ3) is 4.07. The highest BCUT2D eigenvalue weighted by atomic mass is 79.9. The number of halogens is 5. The minimum Gasteiger partial charge on any atom is -0.324 e. The molecule has 0 aromatic heterocycles.